The van der Waals surface area contributed by atoms with Crippen LogP contribution in [0.3, 0.4) is 0 Å². The summed E-state index contributed by atoms with van der Waals surface area (Å²) >= 11 is 0. The van der Waals surface area contributed by atoms with Gasteiger partial charge in [0.15, 0.2) is 6.10 Å². The minimum Gasteiger partial charge on any atom is -0.462 e. The fraction of sp³-hybridized carbons (Fsp3) is 0.825. The van der Waals surface area contributed by atoms with Crippen LogP contribution >= 0.6 is 0 Å². The van der Waals surface area contributed by atoms with Gasteiger partial charge in [-0.05, 0) is 57.8 Å². The maximum absolute atomic E-state index is 12.8. The van der Waals surface area contributed by atoms with Crippen molar-refractivity contribution >= 4 is 17.9 Å². The molecule has 1 unspecified atom stereocenters. The molecule has 0 heterocycles. The summed E-state index contributed by atoms with van der Waals surface area (Å²) in [5.74, 6) is -0.851. The molecule has 0 amide bonds. The third-order valence-corrected chi connectivity index (χ3v) is 13.3. The minimum atomic E-state index is -0.766. The van der Waals surface area contributed by atoms with Gasteiger partial charge in [-0.1, -0.05) is 288 Å². The van der Waals surface area contributed by atoms with Crippen LogP contribution in [0, 0.1) is 0 Å². The van der Waals surface area contributed by atoms with E-state index in [1.807, 2.05) is 0 Å². The molecule has 0 saturated carbocycles. The molecule has 0 radical (unpaired) electrons. The second-order valence-electron chi connectivity index (χ2n) is 20.2. The van der Waals surface area contributed by atoms with Gasteiger partial charge in [-0.25, -0.2) is 0 Å². The number of esters is 3. The number of unbranched alkanes of at least 4 members (excludes halogenated alkanes) is 36. The van der Waals surface area contributed by atoms with Gasteiger partial charge in [0.1, 0.15) is 13.2 Å². The van der Waals surface area contributed by atoms with Crippen LogP contribution in [0.15, 0.2) is 48.6 Å². The summed E-state index contributed by atoms with van der Waals surface area (Å²) in [4.78, 5) is 38.0. The summed E-state index contributed by atoms with van der Waals surface area (Å²) in [6, 6.07) is 0. The first-order valence-corrected chi connectivity index (χ1v) is 30.1. The van der Waals surface area contributed by atoms with Gasteiger partial charge in [0.25, 0.3) is 0 Å². The molecule has 0 aliphatic carbocycles. The first kappa shape index (κ1) is 66.4. The van der Waals surface area contributed by atoms with Crippen molar-refractivity contribution in [1.82, 2.24) is 0 Å². The number of allylic oxidation sites excluding steroid dienone is 8. The first-order valence-electron chi connectivity index (χ1n) is 30.1. The fourth-order valence-corrected chi connectivity index (χ4v) is 8.85. The molecule has 0 spiro atoms. The number of ether oxygens (including phenoxy) is 3. The van der Waals surface area contributed by atoms with E-state index in [1.165, 1.54) is 193 Å². The van der Waals surface area contributed by atoms with Crippen molar-refractivity contribution in [3.8, 4) is 0 Å². The number of carbonyl (C=O) groups is 3. The lowest BCUT2D eigenvalue weighted by Crippen LogP contribution is -2.30. The highest BCUT2D eigenvalue weighted by Gasteiger charge is 2.19. The van der Waals surface area contributed by atoms with E-state index >= 15 is 0 Å². The summed E-state index contributed by atoms with van der Waals surface area (Å²) in [6.45, 7) is 6.55. The minimum absolute atomic E-state index is 0.0668. The molecule has 0 bridgehead atoms. The molecule has 6 nitrogen and oxygen atoms in total. The van der Waals surface area contributed by atoms with E-state index in [-0.39, 0.29) is 31.1 Å². The Kier molecular flexibility index (Phi) is 55.7. The summed E-state index contributed by atoms with van der Waals surface area (Å²) in [5, 5.41) is 0. The average Bonchev–Trinajstić information content (AvgIpc) is 3.35. The van der Waals surface area contributed by atoms with Gasteiger partial charge in [-0.2, -0.15) is 0 Å². The molecule has 0 aromatic rings. The Morgan fingerprint density at radius 2 is 0.565 bits per heavy atom. The molecule has 0 aliphatic rings. The van der Waals surface area contributed by atoms with Gasteiger partial charge in [-0.15, -0.1) is 0 Å². The number of hydrogen-bond acceptors (Lipinski definition) is 6. The predicted molar refractivity (Wildman–Crippen MR) is 298 cm³/mol. The molecule has 6 heteroatoms. The topological polar surface area (TPSA) is 78.9 Å². The molecule has 1 atom stereocenters. The lowest BCUT2D eigenvalue weighted by molar-refractivity contribution is -0.167. The molecule has 0 N–H and O–H groups in total. The maximum atomic E-state index is 12.8. The molecule has 0 fully saturated rings. The van der Waals surface area contributed by atoms with Crippen molar-refractivity contribution < 1.29 is 28.6 Å². The average molecular weight is 968 g/mol. The van der Waals surface area contributed by atoms with E-state index in [0.29, 0.717) is 19.3 Å². The van der Waals surface area contributed by atoms with Gasteiger partial charge in [0.2, 0.25) is 0 Å². The van der Waals surface area contributed by atoms with Gasteiger partial charge in [-0.3, -0.25) is 14.4 Å². The third kappa shape index (κ3) is 56.2. The van der Waals surface area contributed by atoms with E-state index in [2.05, 4.69) is 69.4 Å². The molecule has 402 valence electrons. The SMILES string of the molecule is CC/C=C\C/C=C\C/C=C\C/C=C\CCCCCCCCCCCCCCCCCCC(=O)OCC(COC(=O)CCCCCCCCCCCC)OC(=O)CCCCCCCCCCCCCC. The van der Waals surface area contributed by atoms with E-state index in [0.717, 1.165) is 83.5 Å². The van der Waals surface area contributed by atoms with E-state index in [1.54, 1.807) is 0 Å². The third-order valence-electron chi connectivity index (χ3n) is 13.3. The number of rotatable bonds is 55. The van der Waals surface area contributed by atoms with Crippen molar-refractivity contribution in [3.05, 3.63) is 48.6 Å². The predicted octanol–water partition coefficient (Wildman–Crippen LogP) is 20.2. The normalized spacial score (nSPS) is 12.3. The molecule has 69 heavy (non-hydrogen) atoms. The second kappa shape index (κ2) is 57.9. The van der Waals surface area contributed by atoms with Gasteiger partial charge in [0, 0.05) is 19.3 Å². The molecule has 0 aromatic carbocycles. The number of hydrogen-bond donors (Lipinski definition) is 0. The molecule has 0 aliphatic heterocycles. The quantitative estimate of drug-likeness (QED) is 0.0262. The van der Waals surface area contributed by atoms with Crippen LogP contribution in [0.5, 0.6) is 0 Å². The fourth-order valence-electron chi connectivity index (χ4n) is 8.85. The Morgan fingerprint density at radius 1 is 0.304 bits per heavy atom. The highest BCUT2D eigenvalue weighted by atomic mass is 16.6. The van der Waals surface area contributed by atoms with Crippen molar-refractivity contribution in [2.75, 3.05) is 13.2 Å². The van der Waals surface area contributed by atoms with Crippen LogP contribution < -0.4 is 0 Å². The lowest BCUT2D eigenvalue weighted by Gasteiger charge is -2.18. The number of carbonyl (C=O) groups excluding carboxylic acids is 3. The van der Waals surface area contributed by atoms with Crippen LogP contribution in [0.25, 0.3) is 0 Å². The van der Waals surface area contributed by atoms with Crippen molar-refractivity contribution in [2.24, 2.45) is 0 Å². The smallest absolute Gasteiger partial charge is 0.306 e. The monoisotopic (exact) mass is 967 g/mol. The standard InChI is InChI=1S/C63H114O6/c1-4-7-10-13-16-19-22-24-25-26-27-28-29-30-31-32-33-34-35-36-37-38-39-40-42-44-47-50-53-56-62(65)68-59-60(58-67-61(64)55-52-49-46-43-21-18-15-12-9-6-3)69-63(66)57-54-51-48-45-41-23-20-17-14-11-8-5-2/h7,10,16,19,24-25,27-28,60H,4-6,8-9,11-15,17-18,20-23,26,29-59H2,1-3H3/b10-7-,19-16-,25-24-,28-27-. The van der Waals surface area contributed by atoms with E-state index in [9.17, 15) is 14.4 Å². The van der Waals surface area contributed by atoms with Crippen LogP contribution in [0.4, 0.5) is 0 Å². The van der Waals surface area contributed by atoms with Crippen LogP contribution in [-0.2, 0) is 28.6 Å². The maximum Gasteiger partial charge on any atom is 0.306 e. The summed E-state index contributed by atoms with van der Waals surface area (Å²) in [7, 11) is 0. The van der Waals surface area contributed by atoms with Crippen LogP contribution in [0.2, 0.25) is 0 Å². The molecule has 0 rings (SSSR count). The Morgan fingerprint density at radius 3 is 0.884 bits per heavy atom. The molecule has 0 aromatic heterocycles. The second-order valence-corrected chi connectivity index (χ2v) is 20.2. The van der Waals surface area contributed by atoms with Crippen molar-refractivity contribution in [3.63, 3.8) is 0 Å². The Labute approximate surface area is 428 Å². The van der Waals surface area contributed by atoms with Crippen LogP contribution in [-0.4, -0.2) is 37.2 Å². The first-order chi connectivity index (χ1) is 34.0. The summed E-state index contributed by atoms with van der Waals surface area (Å²) < 4.78 is 16.8. The highest BCUT2D eigenvalue weighted by Crippen LogP contribution is 2.17. The molecular weight excluding hydrogens is 853 g/mol. The zero-order valence-electron chi connectivity index (χ0n) is 46.1. The van der Waals surface area contributed by atoms with Crippen LogP contribution in [0.1, 0.15) is 316 Å². The summed E-state index contributed by atoms with van der Waals surface area (Å²) in [5.41, 5.74) is 0. The Hall–Kier alpha value is -2.63. The van der Waals surface area contributed by atoms with Gasteiger partial charge in [0.05, 0.1) is 0 Å². The largest absolute Gasteiger partial charge is 0.462 e. The van der Waals surface area contributed by atoms with E-state index in [4.69, 9.17) is 14.2 Å². The lowest BCUT2D eigenvalue weighted by atomic mass is 10.0. The van der Waals surface area contributed by atoms with E-state index < -0.39 is 6.10 Å². The Balaban J connectivity index is 4.08. The van der Waals surface area contributed by atoms with Gasteiger partial charge >= 0.3 is 17.9 Å². The van der Waals surface area contributed by atoms with Gasteiger partial charge < -0.3 is 14.2 Å². The zero-order valence-corrected chi connectivity index (χ0v) is 46.1. The molecule has 0 saturated heterocycles. The molecular formula is C63H114O6. The van der Waals surface area contributed by atoms with Crippen molar-refractivity contribution in [2.45, 2.75) is 322 Å². The zero-order chi connectivity index (χ0) is 50.0. The Bertz CT molecular complexity index is 1200. The van der Waals surface area contributed by atoms with Crippen molar-refractivity contribution in [1.29, 1.82) is 0 Å². The highest BCUT2D eigenvalue weighted by molar-refractivity contribution is 5.71. The summed E-state index contributed by atoms with van der Waals surface area (Å²) in [6.07, 6.45) is 71.3.